The molecule has 0 heterocycles. The molecule has 136 valence electrons. The number of benzene rings is 2. The highest BCUT2D eigenvalue weighted by atomic mass is 16.5. The van der Waals surface area contributed by atoms with E-state index in [1.54, 1.807) is 18.2 Å². The van der Waals surface area contributed by atoms with E-state index in [-0.39, 0.29) is 12.4 Å². The Balaban J connectivity index is 1.92. The molecule has 6 heteroatoms. The molecule has 0 aliphatic heterocycles. The molecule has 2 aromatic rings. The highest BCUT2D eigenvalue weighted by Crippen LogP contribution is 2.14. The van der Waals surface area contributed by atoms with E-state index in [1.807, 2.05) is 30.3 Å². The van der Waals surface area contributed by atoms with Gasteiger partial charge in [-0.05, 0) is 37.1 Å². The van der Waals surface area contributed by atoms with Gasteiger partial charge in [-0.3, -0.25) is 9.59 Å². The van der Waals surface area contributed by atoms with Gasteiger partial charge in [0.1, 0.15) is 5.75 Å². The normalized spacial score (nSPS) is 11.3. The number of nitrogens with one attached hydrogen (secondary N) is 1. The number of amides is 1. The quantitative estimate of drug-likeness (QED) is 0.734. The summed E-state index contributed by atoms with van der Waals surface area (Å²) < 4.78 is 10.0. The monoisotopic (exact) mass is 355 g/mol. The fourth-order valence-electron chi connectivity index (χ4n) is 2.36. The van der Waals surface area contributed by atoms with Crippen LogP contribution in [0.4, 0.5) is 0 Å². The van der Waals surface area contributed by atoms with Crippen LogP contribution in [0.3, 0.4) is 0 Å². The number of methoxy groups -OCH3 is 1. The third-order valence-electron chi connectivity index (χ3n) is 3.73. The molecule has 0 fully saturated rings. The molecule has 0 radical (unpaired) electrons. The number of ether oxygens (including phenoxy) is 2. The Labute approximate surface area is 152 Å². The third kappa shape index (κ3) is 5.73. The molecular formula is C20H21NO5. The molecular weight excluding hydrogens is 334 g/mol. The summed E-state index contributed by atoms with van der Waals surface area (Å²) in [5.74, 6) is -0.663. The Morgan fingerprint density at radius 2 is 1.77 bits per heavy atom. The van der Waals surface area contributed by atoms with Gasteiger partial charge in [0.05, 0.1) is 18.7 Å². The van der Waals surface area contributed by atoms with Crippen molar-refractivity contribution in [2.75, 3.05) is 13.7 Å². The number of rotatable bonds is 8. The zero-order valence-corrected chi connectivity index (χ0v) is 14.7. The third-order valence-corrected chi connectivity index (χ3v) is 3.73. The molecule has 0 saturated carbocycles. The minimum atomic E-state index is -0.616. The van der Waals surface area contributed by atoms with Crippen molar-refractivity contribution >= 4 is 17.7 Å². The number of carbonyl (C=O) groups excluding carboxylic acids is 3. The van der Waals surface area contributed by atoms with Gasteiger partial charge in [0, 0.05) is 0 Å². The topological polar surface area (TPSA) is 81.7 Å². The van der Waals surface area contributed by atoms with Crippen molar-refractivity contribution in [2.45, 2.75) is 19.4 Å². The van der Waals surface area contributed by atoms with Gasteiger partial charge in [0.25, 0.3) is 5.91 Å². The van der Waals surface area contributed by atoms with Gasteiger partial charge in [-0.2, -0.15) is 0 Å². The smallest absolute Gasteiger partial charge is 0.337 e. The number of carbonyl (C=O) groups is 3. The van der Waals surface area contributed by atoms with E-state index >= 15 is 0 Å². The van der Waals surface area contributed by atoms with Gasteiger partial charge in [0.15, 0.2) is 12.4 Å². The molecule has 0 bridgehead atoms. The molecule has 0 aromatic heterocycles. The van der Waals surface area contributed by atoms with Crippen molar-refractivity contribution in [2.24, 2.45) is 0 Å². The van der Waals surface area contributed by atoms with Crippen molar-refractivity contribution in [3.05, 3.63) is 65.7 Å². The lowest BCUT2D eigenvalue weighted by molar-refractivity contribution is -0.128. The summed E-state index contributed by atoms with van der Waals surface area (Å²) in [4.78, 5) is 35.4. The first-order chi connectivity index (χ1) is 12.5. The number of ketones is 1. The first-order valence-electron chi connectivity index (χ1n) is 8.14. The molecule has 1 amide bonds. The van der Waals surface area contributed by atoms with Crippen LogP contribution in [-0.2, 0) is 20.7 Å². The number of hydrogen-bond donors (Lipinski definition) is 1. The molecule has 0 saturated heterocycles. The van der Waals surface area contributed by atoms with Crippen molar-refractivity contribution in [1.82, 2.24) is 5.32 Å². The van der Waals surface area contributed by atoms with E-state index in [0.29, 0.717) is 17.7 Å². The lowest BCUT2D eigenvalue weighted by Gasteiger charge is -2.16. The Bertz CT molecular complexity index is 773. The summed E-state index contributed by atoms with van der Waals surface area (Å²) >= 11 is 0. The zero-order valence-electron chi connectivity index (χ0n) is 14.7. The van der Waals surface area contributed by atoms with E-state index in [1.165, 1.54) is 20.1 Å². The summed E-state index contributed by atoms with van der Waals surface area (Å²) in [5.41, 5.74) is 1.29. The van der Waals surface area contributed by atoms with Gasteiger partial charge in [-0.25, -0.2) is 4.79 Å². The maximum absolute atomic E-state index is 12.1. The lowest BCUT2D eigenvalue weighted by Crippen LogP contribution is -2.43. The molecule has 6 nitrogen and oxygen atoms in total. The molecule has 26 heavy (non-hydrogen) atoms. The molecule has 1 N–H and O–H groups in total. The molecule has 0 aliphatic rings. The molecule has 2 aromatic carbocycles. The van der Waals surface area contributed by atoms with Crippen LogP contribution in [0.1, 0.15) is 22.8 Å². The van der Waals surface area contributed by atoms with Gasteiger partial charge in [-0.1, -0.05) is 36.4 Å². The molecule has 0 spiro atoms. The minimum Gasteiger partial charge on any atom is -0.484 e. The van der Waals surface area contributed by atoms with Crippen LogP contribution in [0.2, 0.25) is 0 Å². The van der Waals surface area contributed by atoms with E-state index in [4.69, 9.17) is 4.74 Å². The summed E-state index contributed by atoms with van der Waals surface area (Å²) in [7, 11) is 1.29. The minimum absolute atomic E-state index is 0.130. The van der Waals surface area contributed by atoms with E-state index in [9.17, 15) is 14.4 Å². The van der Waals surface area contributed by atoms with Crippen molar-refractivity contribution in [3.63, 3.8) is 0 Å². The summed E-state index contributed by atoms with van der Waals surface area (Å²) in [6.45, 7) is 1.18. The van der Waals surface area contributed by atoms with Crippen LogP contribution < -0.4 is 10.1 Å². The average Bonchev–Trinajstić information content (AvgIpc) is 2.66. The Kier molecular flexibility index (Phi) is 6.91. The standard InChI is InChI=1S/C20H21NO5/c1-14(22)18(11-15-7-4-3-5-8-15)21-19(23)13-26-17-10-6-9-16(12-17)20(24)25-2/h3-10,12,18H,11,13H2,1-2H3,(H,21,23)/t18-/m0/s1. The van der Waals surface area contributed by atoms with Gasteiger partial charge < -0.3 is 14.8 Å². The van der Waals surface area contributed by atoms with Crippen LogP contribution in [0.5, 0.6) is 5.75 Å². The predicted molar refractivity (Wildman–Crippen MR) is 96.0 cm³/mol. The SMILES string of the molecule is COC(=O)c1cccc(OCC(=O)N[C@@H](Cc2ccccc2)C(C)=O)c1. The fourth-order valence-corrected chi connectivity index (χ4v) is 2.36. The van der Waals surface area contributed by atoms with E-state index in [0.717, 1.165) is 5.56 Å². The highest BCUT2D eigenvalue weighted by molar-refractivity contribution is 5.90. The summed E-state index contributed by atoms with van der Waals surface area (Å²) in [6.07, 6.45) is 0.416. The van der Waals surface area contributed by atoms with Gasteiger partial charge in [0.2, 0.25) is 0 Å². The Morgan fingerprint density at radius 1 is 1.04 bits per heavy atom. The highest BCUT2D eigenvalue weighted by Gasteiger charge is 2.18. The van der Waals surface area contributed by atoms with Gasteiger partial charge >= 0.3 is 5.97 Å². The summed E-state index contributed by atoms with van der Waals surface area (Å²) in [6, 6.07) is 15.2. The fraction of sp³-hybridized carbons (Fsp3) is 0.250. The second-order valence-corrected chi connectivity index (χ2v) is 5.73. The van der Waals surface area contributed by atoms with Crippen molar-refractivity contribution in [3.8, 4) is 5.75 Å². The van der Waals surface area contributed by atoms with Crippen LogP contribution in [0.15, 0.2) is 54.6 Å². The first-order valence-corrected chi connectivity index (χ1v) is 8.14. The van der Waals surface area contributed by atoms with E-state index < -0.39 is 17.9 Å². The zero-order chi connectivity index (χ0) is 18.9. The van der Waals surface area contributed by atoms with Crippen LogP contribution >= 0.6 is 0 Å². The lowest BCUT2D eigenvalue weighted by atomic mass is 10.0. The first kappa shape index (κ1) is 19.2. The van der Waals surface area contributed by atoms with Crippen LogP contribution in [0, 0.1) is 0 Å². The average molecular weight is 355 g/mol. The second kappa shape index (κ2) is 9.36. The van der Waals surface area contributed by atoms with Crippen molar-refractivity contribution in [1.29, 1.82) is 0 Å². The van der Waals surface area contributed by atoms with Crippen molar-refractivity contribution < 1.29 is 23.9 Å². The maximum Gasteiger partial charge on any atom is 0.337 e. The molecule has 0 aliphatic carbocycles. The predicted octanol–water partition coefficient (Wildman–Crippen LogP) is 2.17. The largest absolute Gasteiger partial charge is 0.484 e. The number of esters is 1. The van der Waals surface area contributed by atoms with Gasteiger partial charge in [-0.15, -0.1) is 0 Å². The van der Waals surface area contributed by atoms with Crippen LogP contribution in [-0.4, -0.2) is 37.4 Å². The molecule has 2 rings (SSSR count). The Hall–Kier alpha value is -3.15. The second-order valence-electron chi connectivity index (χ2n) is 5.73. The Morgan fingerprint density at radius 3 is 2.42 bits per heavy atom. The van der Waals surface area contributed by atoms with E-state index in [2.05, 4.69) is 10.1 Å². The molecule has 0 unspecified atom stereocenters. The maximum atomic E-state index is 12.1. The number of hydrogen-bond acceptors (Lipinski definition) is 5. The molecule has 1 atom stereocenters. The number of Topliss-reactive ketones (excluding diaryl/α,β-unsaturated/α-hetero) is 1. The summed E-state index contributed by atoms with van der Waals surface area (Å²) in [5, 5.41) is 2.68. The van der Waals surface area contributed by atoms with Crippen LogP contribution in [0.25, 0.3) is 0 Å².